The lowest BCUT2D eigenvalue weighted by Gasteiger charge is -2.10. The van der Waals surface area contributed by atoms with E-state index in [1.54, 1.807) is 0 Å². The van der Waals surface area contributed by atoms with E-state index in [9.17, 15) is 9.90 Å². The monoisotopic (exact) mass is 261 g/mol. The molecule has 0 aromatic carbocycles. The van der Waals surface area contributed by atoms with Crippen molar-refractivity contribution in [1.29, 1.82) is 0 Å². The lowest BCUT2D eigenvalue weighted by atomic mass is 10.2. The average Bonchev–Trinajstić information content (AvgIpc) is 2.38. The molecule has 0 heterocycles. The third-order valence-electron chi connectivity index (χ3n) is 2.00. The van der Waals surface area contributed by atoms with Crippen LogP contribution in [0.4, 0.5) is 0 Å². The second-order valence-corrected chi connectivity index (χ2v) is 3.18. The van der Waals surface area contributed by atoms with E-state index in [4.69, 9.17) is 14.2 Å². The average molecular weight is 261 g/mol. The molecule has 0 aliphatic rings. The van der Waals surface area contributed by atoms with Gasteiger partial charge in [0.2, 0.25) is 0 Å². The summed E-state index contributed by atoms with van der Waals surface area (Å²) in [7, 11) is 5.56. The maximum absolute atomic E-state index is 11.4. The SMILES string of the molecule is COCC(O)=C(C=NCC(OC)OC)C(=O)OC. The fourth-order valence-electron chi connectivity index (χ4n) is 1.04. The Morgan fingerprint density at radius 2 is 1.89 bits per heavy atom. The highest BCUT2D eigenvalue weighted by atomic mass is 16.7. The highest BCUT2D eigenvalue weighted by molar-refractivity contribution is 6.09. The van der Waals surface area contributed by atoms with Crippen molar-refractivity contribution in [1.82, 2.24) is 0 Å². The number of carbonyl (C=O) groups excluding carboxylic acids is 1. The summed E-state index contributed by atoms with van der Waals surface area (Å²) in [5.41, 5.74) is -0.0645. The van der Waals surface area contributed by atoms with Crippen LogP contribution in [-0.2, 0) is 23.7 Å². The standard InChI is InChI=1S/C11H19NO6/c1-15-7-9(13)8(11(14)18-4)5-12-6-10(16-2)17-3/h5,10,13H,6-7H2,1-4H3. The number of hydrogen-bond donors (Lipinski definition) is 1. The maximum Gasteiger partial charge on any atom is 0.342 e. The van der Waals surface area contributed by atoms with E-state index < -0.39 is 12.3 Å². The van der Waals surface area contributed by atoms with Crippen LogP contribution in [0.2, 0.25) is 0 Å². The first kappa shape index (κ1) is 16.6. The molecule has 7 nitrogen and oxygen atoms in total. The van der Waals surface area contributed by atoms with Gasteiger partial charge in [-0.25, -0.2) is 4.79 Å². The van der Waals surface area contributed by atoms with Gasteiger partial charge in [0.25, 0.3) is 0 Å². The molecular weight excluding hydrogens is 242 g/mol. The van der Waals surface area contributed by atoms with Crippen molar-refractivity contribution in [2.75, 3.05) is 41.6 Å². The number of methoxy groups -OCH3 is 4. The van der Waals surface area contributed by atoms with Gasteiger partial charge in [0, 0.05) is 27.5 Å². The largest absolute Gasteiger partial charge is 0.509 e. The minimum Gasteiger partial charge on any atom is -0.509 e. The Bertz CT molecular complexity index is 309. The van der Waals surface area contributed by atoms with Crippen molar-refractivity contribution in [3.05, 3.63) is 11.3 Å². The van der Waals surface area contributed by atoms with Crippen LogP contribution in [0.5, 0.6) is 0 Å². The van der Waals surface area contributed by atoms with Gasteiger partial charge in [-0.2, -0.15) is 0 Å². The Labute approximate surface area is 106 Å². The Morgan fingerprint density at radius 3 is 2.33 bits per heavy atom. The molecule has 104 valence electrons. The van der Waals surface area contributed by atoms with Crippen molar-refractivity contribution < 1.29 is 28.8 Å². The van der Waals surface area contributed by atoms with Crippen molar-refractivity contribution in [2.24, 2.45) is 4.99 Å². The van der Waals surface area contributed by atoms with Crippen LogP contribution in [0.15, 0.2) is 16.3 Å². The summed E-state index contributed by atoms with van der Waals surface area (Å²) in [6.07, 6.45) is 0.690. The number of rotatable bonds is 8. The smallest absolute Gasteiger partial charge is 0.342 e. The van der Waals surface area contributed by atoms with E-state index in [0.29, 0.717) is 0 Å². The first-order valence-corrected chi connectivity index (χ1v) is 5.15. The lowest BCUT2D eigenvalue weighted by Crippen LogP contribution is -2.17. The fraction of sp³-hybridized carbons (Fsp3) is 0.636. The quantitative estimate of drug-likeness (QED) is 0.222. The van der Waals surface area contributed by atoms with Gasteiger partial charge in [-0.15, -0.1) is 0 Å². The molecule has 0 aromatic heterocycles. The molecule has 18 heavy (non-hydrogen) atoms. The minimum atomic E-state index is -0.695. The minimum absolute atomic E-state index is 0.0645. The summed E-state index contributed by atoms with van der Waals surface area (Å²) < 4.78 is 19.1. The third-order valence-corrected chi connectivity index (χ3v) is 2.00. The maximum atomic E-state index is 11.4. The molecule has 0 amide bonds. The summed E-state index contributed by atoms with van der Waals surface area (Å²) in [4.78, 5) is 15.3. The van der Waals surface area contributed by atoms with Crippen LogP contribution in [0.25, 0.3) is 0 Å². The van der Waals surface area contributed by atoms with E-state index in [1.165, 1.54) is 34.7 Å². The normalized spacial score (nSPS) is 12.9. The molecule has 0 fully saturated rings. The predicted octanol–water partition coefficient (Wildman–Crippen LogP) is 0.308. The van der Waals surface area contributed by atoms with Crippen LogP contribution >= 0.6 is 0 Å². The number of aliphatic hydroxyl groups excluding tert-OH is 1. The van der Waals surface area contributed by atoms with Crippen LogP contribution in [0.1, 0.15) is 0 Å². The molecule has 0 bridgehead atoms. The van der Waals surface area contributed by atoms with Crippen molar-refractivity contribution >= 4 is 12.2 Å². The van der Waals surface area contributed by atoms with Gasteiger partial charge in [-0.3, -0.25) is 4.99 Å². The predicted molar refractivity (Wildman–Crippen MR) is 64.7 cm³/mol. The molecule has 0 rings (SSSR count). The molecule has 0 saturated carbocycles. The molecule has 0 unspecified atom stereocenters. The lowest BCUT2D eigenvalue weighted by molar-refractivity contribution is -0.135. The Kier molecular flexibility index (Phi) is 8.81. The first-order valence-electron chi connectivity index (χ1n) is 5.15. The molecule has 0 spiro atoms. The van der Waals surface area contributed by atoms with Gasteiger partial charge >= 0.3 is 5.97 Å². The van der Waals surface area contributed by atoms with Crippen molar-refractivity contribution in [3.8, 4) is 0 Å². The second kappa shape index (κ2) is 9.58. The number of aliphatic imine (C=N–C) groups is 1. The molecule has 0 aliphatic heterocycles. The highest BCUT2D eigenvalue weighted by Crippen LogP contribution is 2.03. The zero-order valence-electron chi connectivity index (χ0n) is 11.0. The highest BCUT2D eigenvalue weighted by Gasteiger charge is 2.14. The van der Waals surface area contributed by atoms with E-state index in [-0.39, 0.29) is 24.5 Å². The van der Waals surface area contributed by atoms with Gasteiger partial charge in [-0.05, 0) is 0 Å². The first-order chi connectivity index (χ1) is 8.60. The number of hydrogen-bond acceptors (Lipinski definition) is 7. The molecule has 1 N–H and O–H groups in total. The molecule has 0 saturated heterocycles. The second-order valence-electron chi connectivity index (χ2n) is 3.18. The van der Waals surface area contributed by atoms with Gasteiger partial charge in [0.05, 0.1) is 13.7 Å². The van der Waals surface area contributed by atoms with Crippen LogP contribution in [0, 0.1) is 0 Å². The van der Waals surface area contributed by atoms with Gasteiger partial charge in [0.1, 0.15) is 17.9 Å². The summed E-state index contributed by atoms with van der Waals surface area (Å²) in [6, 6.07) is 0. The van der Waals surface area contributed by atoms with Gasteiger partial charge in [-0.1, -0.05) is 0 Å². The Morgan fingerprint density at radius 1 is 1.28 bits per heavy atom. The molecule has 0 aliphatic carbocycles. The topological polar surface area (TPSA) is 86.6 Å². The van der Waals surface area contributed by atoms with Crippen molar-refractivity contribution in [2.45, 2.75) is 6.29 Å². The van der Waals surface area contributed by atoms with Crippen molar-refractivity contribution in [3.63, 3.8) is 0 Å². The fourth-order valence-corrected chi connectivity index (χ4v) is 1.04. The number of nitrogens with zero attached hydrogens (tertiary/aromatic N) is 1. The number of aliphatic hydroxyl groups is 1. The summed E-state index contributed by atoms with van der Waals surface area (Å²) in [6.45, 7) is 0.0855. The van der Waals surface area contributed by atoms with E-state index in [1.807, 2.05) is 0 Å². The zero-order chi connectivity index (χ0) is 14.0. The third kappa shape index (κ3) is 5.76. The molecule has 0 radical (unpaired) electrons. The zero-order valence-corrected chi connectivity index (χ0v) is 11.0. The molecular formula is C11H19NO6. The Hall–Kier alpha value is -1.44. The van der Waals surface area contributed by atoms with E-state index >= 15 is 0 Å². The molecule has 0 atom stereocenters. The molecule has 7 heteroatoms. The van der Waals surface area contributed by atoms with E-state index in [2.05, 4.69) is 9.73 Å². The van der Waals surface area contributed by atoms with Crippen LogP contribution < -0.4 is 0 Å². The number of ether oxygens (including phenoxy) is 4. The van der Waals surface area contributed by atoms with Crippen LogP contribution in [0.3, 0.4) is 0 Å². The summed E-state index contributed by atoms with van der Waals surface area (Å²) in [5, 5.41) is 9.59. The summed E-state index contributed by atoms with van der Waals surface area (Å²) >= 11 is 0. The number of carbonyl (C=O) groups is 1. The van der Waals surface area contributed by atoms with Crippen LogP contribution in [-0.4, -0.2) is 65.2 Å². The molecule has 0 aromatic rings. The Balaban J connectivity index is 4.75. The van der Waals surface area contributed by atoms with Gasteiger partial charge < -0.3 is 24.1 Å². The summed E-state index contributed by atoms with van der Waals surface area (Å²) in [5.74, 6) is -0.945. The van der Waals surface area contributed by atoms with E-state index in [0.717, 1.165) is 0 Å². The van der Waals surface area contributed by atoms with Gasteiger partial charge in [0.15, 0.2) is 6.29 Å². The number of esters is 1.